The number of hydrogen-bond donors (Lipinski definition) is 1. The molecule has 17 heavy (non-hydrogen) atoms. The van der Waals surface area contributed by atoms with Gasteiger partial charge in [-0.1, -0.05) is 28.1 Å². The molecule has 1 unspecified atom stereocenters. The SMILES string of the molecule is CC(Cc1ccsc1)NCc1cccc(Br)c1. The molecule has 0 saturated carbocycles. The van der Waals surface area contributed by atoms with Crippen LogP contribution in [0.4, 0.5) is 0 Å². The van der Waals surface area contributed by atoms with Gasteiger partial charge in [-0.2, -0.15) is 11.3 Å². The summed E-state index contributed by atoms with van der Waals surface area (Å²) in [6.07, 6.45) is 1.09. The Morgan fingerprint density at radius 3 is 2.88 bits per heavy atom. The van der Waals surface area contributed by atoms with Crippen LogP contribution in [0.2, 0.25) is 0 Å². The Morgan fingerprint density at radius 2 is 2.18 bits per heavy atom. The van der Waals surface area contributed by atoms with Crippen molar-refractivity contribution >= 4 is 27.3 Å². The number of rotatable bonds is 5. The van der Waals surface area contributed by atoms with E-state index in [0.717, 1.165) is 17.4 Å². The van der Waals surface area contributed by atoms with E-state index in [4.69, 9.17) is 0 Å². The highest BCUT2D eigenvalue weighted by atomic mass is 79.9. The first-order valence-electron chi connectivity index (χ1n) is 5.73. The van der Waals surface area contributed by atoms with Gasteiger partial charge >= 0.3 is 0 Å². The van der Waals surface area contributed by atoms with Crippen molar-refractivity contribution in [2.75, 3.05) is 0 Å². The summed E-state index contributed by atoms with van der Waals surface area (Å²) in [5, 5.41) is 7.90. The molecule has 1 N–H and O–H groups in total. The molecular formula is C14H16BrNS. The lowest BCUT2D eigenvalue weighted by Gasteiger charge is -2.13. The molecule has 90 valence electrons. The molecule has 0 aliphatic carbocycles. The second-order valence-corrected chi connectivity index (χ2v) is 5.94. The highest BCUT2D eigenvalue weighted by molar-refractivity contribution is 9.10. The van der Waals surface area contributed by atoms with Crippen molar-refractivity contribution in [3.63, 3.8) is 0 Å². The lowest BCUT2D eigenvalue weighted by molar-refractivity contribution is 0.546. The van der Waals surface area contributed by atoms with E-state index in [1.807, 2.05) is 0 Å². The van der Waals surface area contributed by atoms with Crippen LogP contribution in [-0.4, -0.2) is 6.04 Å². The first kappa shape index (κ1) is 12.8. The maximum absolute atomic E-state index is 3.55. The van der Waals surface area contributed by atoms with E-state index in [9.17, 15) is 0 Å². The number of thiophene rings is 1. The Bertz CT molecular complexity index is 453. The van der Waals surface area contributed by atoms with Gasteiger partial charge in [-0.05, 0) is 53.4 Å². The maximum atomic E-state index is 3.55. The molecule has 2 rings (SSSR count). The fourth-order valence-corrected chi connectivity index (χ4v) is 2.90. The average molecular weight is 310 g/mol. The fourth-order valence-electron chi connectivity index (χ4n) is 1.77. The van der Waals surface area contributed by atoms with Gasteiger partial charge in [0, 0.05) is 17.1 Å². The molecule has 0 aliphatic heterocycles. The molecule has 0 spiro atoms. The molecule has 1 atom stereocenters. The first-order valence-corrected chi connectivity index (χ1v) is 7.46. The smallest absolute Gasteiger partial charge is 0.0208 e. The van der Waals surface area contributed by atoms with Crippen LogP contribution in [0.25, 0.3) is 0 Å². The van der Waals surface area contributed by atoms with Crippen molar-refractivity contribution in [2.24, 2.45) is 0 Å². The van der Waals surface area contributed by atoms with E-state index in [0.29, 0.717) is 6.04 Å². The van der Waals surface area contributed by atoms with Crippen molar-refractivity contribution in [3.8, 4) is 0 Å². The summed E-state index contributed by atoms with van der Waals surface area (Å²) >= 11 is 5.26. The predicted molar refractivity (Wildman–Crippen MR) is 78.5 cm³/mol. The van der Waals surface area contributed by atoms with Crippen molar-refractivity contribution in [1.82, 2.24) is 5.32 Å². The minimum atomic E-state index is 0.503. The molecule has 0 fully saturated rings. The molecule has 3 heteroatoms. The van der Waals surface area contributed by atoms with Gasteiger partial charge in [0.15, 0.2) is 0 Å². The highest BCUT2D eigenvalue weighted by Crippen LogP contribution is 2.12. The van der Waals surface area contributed by atoms with Crippen LogP contribution in [0.1, 0.15) is 18.1 Å². The molecule has 0 aliphatic rings. The van der Waals surface area contributed by atoms with Crippen molar-refractivity contribution in [3.05, 3.63) is 56.7 Å². The fraction of sp³-hybridized carbons (Fsp3) is 0.286. The Morgan fingerprint density at radius 1 is 1.29 bits per heavy atom. The summed E-state index contributed by atoms with van der Waals surface area (Å²) in [6.45, 7) is 3.15. The predicted octanol–water partition coefficient (Wildman–Crippen LogP) is 4.23. The molecule has 1 heterocycles. The van der Waals surface area contributed by atoms with Crippen LogP contribution in [0.15, 0.2) is 45.6 Å². The molecule has 1 nitrogen and oxygen atoms in total. The summed E-state index contributed by atoms with van der Waals surface area (Å²) in [4.78, 5) is 0. The van der Waals surface area contributed by atoms with E-state index in [-0.39, 0.29) is 0 Å². The Hall–Kier alpha value is -0.640. The Labute approximate surface area is 115 Å². The van der Waals surface area contributed by atoms with Crippen molar-refractivity contribution in [2.45, 2.75) is 25.9 Å². The zero-order chi connectivity index (χ0) is 12.1. The summed E-state index contributed by atoms with van der Waals surface area (Å²) in [5.74, 6) is 0. The normalized spacial score (nSPS) is 12.6. The molecule has 1 aromatic carbocycles. The van der Waals surface area contributed by atoms with Gasteiger partial charge in [0.05, 0.1) is 0 Å². The van der Waals surface area contributed by atoms with Crippen LogP contribution in [0, 0.1) is 0 Å². The largest absolute Gasteiger partial charge is 0.310 e. The molecule has 2 aromatic rings. The van der Waals surface area contributed by atoms with Gasteiger partial charge in [0.2, 0.25) is 0 Å². The lowest BCUT2D eigenvalue weighted by atomic mass is 10.1. The van der Waals surface area contributed by atoms with Crippen molar-refractivity contribution in [1.29, 1.82) is 0 Å². The summed E-state index contributed by atoms with van der Waals surface area (Å²) < 4.78 is 1.14. The third kappa shape index (κ3) is 4.26. The van der Waals surface area contributed by atoms with E-state index >= 15 is 0 Å². The Kier molecular flexibility index (Phi) is 4.77. The third-order valence-electron chi connectivity index (χ3n) is 2.67. The minimum absolute atomic E-state index is 0.503. The van der Waals surface area contributed by atoms with Gasteiger partial charge in [-0.3, -0.25) is 0 Å². The summed E-state index contributed by atoms with van der Waals surface area (Å²) in [6, 6.07) is 11.1. The molecular weight excluding hydrogens is 294 g/mol. The molecule has 0 amide bonds. The van der Waals surface area contributed by atoms with E-state index in [1.54, 1.807) is 11.3 Å². The van der Waals surface area contributed by atoms with Gasteiger partial charge in [0.1, 0.15) is 0 Å². The number of nitrogens with one attached hydrogen (secondary N) is 1. The second kappa shape index (κ2) is 6.34. The first-order chi connectivity index (χ1) is 8.24. The molecule has 1 aromatic heterocycles. The van der Waals surface area contributed by atoms with Gasteiger partial charge in [-0.25, -0.2) is 0 Å². The summed E-state index contributed by atoms with van der Waals surface area (Å²) in [7, 11) is 0. The van der Waals surface area contributed by atoms with Crippen LogP contribution in [0.5, 0.6) is 0 Å². The Balaban J connectivity index is 1.82. The monoisotopic (exact) mass is 309 g/mol. The van der Waals surface area contributed by atoms with Gasteiger partial charge in [-0.15, -0.1) is 0 Å². The van der Waals surface area contributed by atoms with Crippen molar-refractivity contribution < 1.29 is 0 Å². The lowest BCUT2D eigenvalue weighted by Crippen LogP contribution is -2.27. The van der Waals surface area contributed by atoms with Crippen LogP contribution >= 0.6 is 27.3 Å². The van der Waals surface area contributed by atoms with Gasteiger partial charge in [0.25, 0.3) is 0 Å². The molecule has 0 bridgehead atoms. The zero-order valence-corrected chi connectivity index (χ0v) is 12.2. The van der Waals surface area contributed by atoms with E-state index < -0.39 is 0 Å². The van der Waals surface area contributed by atoms with E-state index in [2.05, 4.69) is 69.3 Å². The third-order valence-corrected chi connectivity index (χ3v) is 3.89. The topological polar surface area (TPSA) is 12.0 Å². The van der Waals surface area contributed by atoms with Crippen LogP contribution in [-0.2, 0) is 13.0 Å². The van der Waals surface area contributed by atoms with Gasteiger partial charge < -0.3 is 5.32 Å². The second-order valence-electron chi connectivity index (χ2n) is 4.25. The number of benzene rings is 1. The zero-order valence-electron chi connectivity index (χ0n) is 9.82. The van der Waals surface area contributed by atoms with E-state index in [1.165, 1.54) is 11.1 Å². The molecule has 0 saturated heterocycles. The highest BCUT2D eigenvalue weighted by Gasteiger charge is 2.03. The quantitative estimate of drug-likeness (QED) is 0.871. The maximum Gasteiger partial charge on any atom is 0.0208 e. The minimum Gasteiger partial charge on any atom is -0.310 e. The standard InChI is InChI=1S/C14H16BrNS/c1-11(7-13-5-6-17-10-13)16-9-12-3-2-4-14(15)8-12/h2-6,8,10-11,16H,7,9H2,1H3. The van der Waals surface area contributed by atoms with Crippen LogP contribution < -0.4 is 5.32 Å². The average Bonchev–Trinajstić information content (AvgIpc) is 2.79. The number of hydrogen-bond acceptors (Lipinski definition) is 2. The summed E-state index contributed by atoms with van der Waals surface area (Å²) in [5.41, 5.74) is 2.74. The van der Waals surface area contributed by atoms with Crippen LogP contribution in [0.3, 0.4) is 0 Å². The number of halogens is 1. The molecule has 0 radical (unpaired) electrons.